The van der Waals surface area contributed by atoms with Crippen LogP contribution in [0.4, 0.5) is 0 Å². The molecule has 1 heterocycles. The SMILES string of the molecule is CCc1nncn1CCNC(=NCCc1ccc(Cl)cc1Cl)NC(C)(C)C.I. The third kappa shape index (κ3) is 8.53. The number of hydrogen-bond acceptors (Lipinski definition) is 3. The van der Waals surface area contributed by atoms with Crippen LogP contribution in [-0.2, 0) is 19.4 Å². The van der Waals surface area contributed by atoms with Gasteiger partial charge in [-0.15, -0.1) is 34.2 Å². The first-order chi connectivity index (χ1) is 12.8. The van der Waals surface area contributed by atoms with Gasteiger partial charge in [0.25, 0.3) is 0 Å². The summed E-state index contributed by atoms with van der Waals surface area (Å²) < 4.78 is 2.05. The van der Waals surface area contributed by atoms with Gasteiger partial charge >= 0.3 is 0 Å². The lowest BCUT2D eigenvalue weighted by molar-refractivity contribution is 0.498. The van der Waals surface area contributed by atoms with Crippen molar-refractivity contribution in [3.63, 3.8) is 0 Å². The molecule has 0 aliphatic heterocycles. The van der Waals surface area contributed by atoms with Gasteiger partial charge in [0.15, 0.2) is 5.96 Å². The third-order valence-corrected chi connectivity index (χ3v) is 4.40. The highest BCUT2D eigenvalue weighted by atomic mass is 127. The van der Waals surface area contributed by atoms with Gasteiger partial charge in [-0.3, -0.25) is 4.99 Å². The molecule has 28 heavy (non-hydrogen) atoms. The van der Waals surface area contributed by atoms with Gasteiger partial charge in [0.05, 0.1) is 0 Å². The quantitative estimate of drug-likeness (QED) is 0.312. The molecule has 2 rings (SSSR count). The number of hydrogen-bond donors (Lipinski definition) is 2. The number of rotatable bonds is 7. The van der Waals surface area contributed by atoms with E-state index in [1.165, 1.54) is 0 Å². The Kier molecular flexibility index (Phi) is 10.5. The predicted octanol–water partition coefficient (Wildman–Crippen LogP) is 4.34. The lowest BCUT2D eigenvalue weighted by Gasteiger charge is -2.24. The molecular weight excluding hydrogens is 510 g/mol. The topological polar surface area (TPSA) is 67.1 Å². The van der Waals surface area contributed by atoms with Crippen molar-refractivity contribution in [1.29, 1.82) is 0 Å². The highest BCUT2D eigenvalue weighted by Crippen LogP contribution is 2.21. The Morgan fingerprint density at radius 3 is 2.64 bits per heavy atom. The van der Waals surface area contributed by atoms with Crippen molar-refractivity contribution < 1.29 is 0 Å². The van der Waals surface area contributed by atoms with E-state index in [1.54, 1.807) is 12.4 Å². The number of aliphatic imine (C=N–C) groups is 1. The molecule has 0 bridgehead atoms. The van der Waals surface area contributed by atoms with Crippen molar-refractivity contribution in [3.8, 4) is 0 Å². The molecule has 1 aromatic heterocycles. The summed E-state index contributed by atoms with van der Waals surface area (Å²) in [5.41, 5.74) is 0.950. The summed E-state index contributed by atoms with van der Waals surface area (Å²) in [6, 6.07) is 5.56. The minimum atomic E-state index is -0.0884. The Balaban J connectivity index is 0.00000392. The molecule has 156 valence electrons. The van der Waals surface area contributed by atoms with Crippen molar-refractivity contribution in [2.75, 3.05) is 13.1 Å². The van der Waals surface area contributed by atoms with Crippen LogP contribution in [0.5, 0.6) is 0 Å². The van der Waals surface area contributed by atoms with Crippen LogP contribution in [0.1, 0.15) is 39.1 Å². The largest absolute Gasteiger partial charge is 0.355 e. The molecule has 0 saturated carbocycles. The zero-order valence-electron chi connectivity index (χ0n) is 16.8. The second kappa shape index (κ2) is 11.8. The van der Waals surface area contributed by atoms with Gasteiger partial charge < -0.3 is 15.2 Å². The number of nitrogens with one attached hydrogen (secondary N) is 2. The van der Waals surface area contributed by atoms with Crippen molar-refractivity contribution >= 4 is 53.1 Å². The Bertz CT molecular complexity index is 770. The normalized spacial score (nSPS) is 11.9. The molecule has 0 spiro atoms. The summed E-state index contributed by atoms with van der Waals surface area (Å²) in [6.07, 6.45) is 3.37. The smallest absolute Gasteiger partial charge is 0.191 e. The molecule has 1 aromatic carbocycles. The van der Waals surface area contributed by atoms with Crippen LogP contribution in [0.25, 0.3) is 0 Å². The minimum Gasteiger partial charge on any atom is -0.355 e. The van der Waals surface area contributed by atoms with Gasteiger partial charge in [0.2, 0.25) is 0 Å². The number of aryl methyl sites for hydroxylation is 1. The Morgan fingerprint density at radius 1 is 1.25 bits per heavy atom. The second-order valence-corrected chi connectivity index (χ2v) is 8.16. The Morgan fingerprint density at radius 2 is 2.00 bits per heavy atom. The predicted molar refractivity (Wildman–Crippen MR) is 128 cm³/mol. The van der Waals surface area contributed by atoms with Crippen molar-refractivity contribution in [1.82, 2.24) is 25.4 Å². The molecule has 0 fully saturated rings. The van der Waals surface area contributed by atoms with Gasteiger partial charge in [-0.2, -0.15) is 0 Å². The summed E-state index contributed by atoms with van der Waals surface area (Å²) in [6.45, 7) is 10.5. The highest BCUT2D eigenvalue weighted by molar-refractivity contribution is 14.0. The molecule has 0 amide bonds. The average Bonchev–Trinajstić information content (AvgIpc) is 3.03. The number of guanidine groups is 1. The van der Waals surface area contributed by atoms with Gasteiger partial charge in [-0.25, -0.2) is 0 Å². The molecule has 0 unspecified atom stereocenters. The molecule has 9 heteroatoms. The maximum atomic E-state index is 6.24. The van der Waals surface area contributed by atoms with Crippen molar-refractivity contribution in [2.45, 2.75) is 52.6 Å². The first kappa shape index (κ1) is 25.0. The van der Waals surface area contributed by atoms with Crippen LogP contribution in [0.2, 0.25) is 10.0 Å². The van der Waals surface area contributed by atoms with Gasteiger partial charge in [0.1, 0.15) is 12.2 Å². The summed E-state index contributed by atoms with van der Waals surface area (Å²) >= 11 is 12.2. The lowest BCUT2D eigenvalue weighted by Crippen LogP contribution is -2.48. The lowest BCUT2D eigenvalue weighted by atomic mass is 10.1. The van der Waals surface area contributed by atoms with E-state index in [2.05, 4.69) is 53.1 Å². The van der Waals surface area contributed by atoms with E-state index >= 15 is 0 Å². The molecule has 6 nitrogen and oxygen atoms in total. The maximum Gasteiger partial charge on any atom is 0.191 e. The fraction of sp³-hybridized carbons (Fsp3) is 0.526. The molecule has 0 aliphatic carbocycles. The number of benzene rings is 1. The van der Waals surface area contributed by atoms with Crippen LogP contribution in [0.3, 0.4) is 0 Å². The highest BCUT2D eigenvalue weighted by Gasteiger charge is 2.12. The van der Waals surface area contributed by atoms with Crippen LogP contribution < -0.4 is 10.6 Å². The zero-order valence-corrected chi connectivity index (χ0v) is 20.6. The average molecular weight is 539 g/mol. The van der Waals surface area contributed by atoms with E-state index < -0.39 is 0 Å². The fourth-order valence-corrected chi connectivity index (χ4v) is 3.04. The van der Waals surface area contributed by atoms with Crippen LogP contribution >= 0.6 is 47.2 Å². The van der Waals surface area contributed by atoms with Gasteiger partial charge in [-0.05, 0) is 44.9 Å². The third-order valence-electron chi connectivity index (χ3n) is 3.82. The second-order valence-electron chi connectivity index (χ2n) is 7.31. The number of aromatic nitrogens is 3. The monoisotopic (exact) mass is 538 g/mol. The fourth-order valence-electron chi connectivity index (χ4n) is 2.54. The van der Waals surface area contributed by atoms with Gasteiger partial charge in [0, 0.05) is 41.6 Å². The van der Waals surface area contributed by atoms with E-state index in [4.69, 9.17) is 28.2 Å². The standard InChI is InChI=1S/C19H28Cl2N6.HI/c1-5-17-26-24-13-27(17)11-10-23-18(25-19(2,3)4)22-9-8-14-6-7-15(20)12-16(14)21;/h6-7,12-13H,5,8-11H2,1-4H3,(H2,22,23,25);1H. The molecular formula is C19H29Cl2IN6. The summed E-state index contributed by atoms with van der Waals surface area (Å²) in [5.74, 6) is 1.76. The van der Waals surface area contributed by atoms with E-state index in [1.807, 2.05) is 12.1 Å². The minimum absolute atomic E-state index is 0. The molecule has 0 aliphatic rings. The molecule has 2 aromatic rings. The zero-order chi connectivity index (χ0) is 19.9. The van der Waals surface area contributed by atoms with Crippen molar-refractivity contribution in [2.24, 2.45) is 4.99 Å². The van der Waals surface area contributed by atoms with E-state index in [0.29, 0.717) is 16.6 Å². The van der Waals surface area contributed by atoms with Crippen LogP contribution in [0.15, 0.2) is 29.5 Å². The Hall–Kier alpha value is -1.06. The number of halogens is 3. The first-order valence-corrected chi connectivity index (χ1v) is 9.91. The van der Waals surface area contributed by atoms with E-state index in [9.17, 15) is 0 Å². The van der Waals surface area contributed by atoms with Gasteiger partial charge in [-0.1, -0.05) is 36.2 Å². The molecule has 2 N–H and O–H groups in total. The number of nitrogens with zero attached hydrogens (tertiary/aromatic N) is 4. The summed E-state index contributed by atoms with van der Waals surface area (Å²) in [5, 5.41) is 16.2. The van der Waals surface area contributed by atoms with Crippen LogP contribution in [-0.4, -0.2) is 39.4 Å². The van der Waals surface area contributed by atoms with E-state index in [-0.39, 0.29) is 29.5 Å². The summed E-state index contributed by atoms with van der Waals surface area (Å²) in [4.78, 5) is 4.69. The maximum absolute atomic E-state index is 6.24. The molecule has 0 saturated heterocycles. The summed E-state index contributed by atoms with van der Waals surface area (Å²) in [7, 11) is 0. The molecule has 0 radical (unpaired) electrons. The van der Waals surface area contributed by atoms with Crippen molar-refractivity contribution in [3.05, 3.63) is 46.0 Å². The first-order valence-electron chi connectivity index (χ1n) is 9.15. The molecule has 0 atom stereocenters. The van der Waals surface area contributed by atoms with Crippen LogP contribution in [0, 0.1) is 0 Å². The Labute approximate surface area is 194 Å². The van der Waals surface area contributed by atoms with E-state index in [0.717, 1.165) is 43.3 Å².